The fourth-order valence-electron chi connectivity index (χ4n) is 3.51. The summed E-state index contributed by atoms with van der Waals surface area (Å²) in [5.74, 6) is 1.08. The van der Waals surface area contributed by atoms with Crippen molar-refractivity contribution in [3.8, 4) is 17.1 Å². The highest BCUT2D eigenvalue weighted by atomic mass is 35.5. The maximum Gasteiger partial charge on any atom is 0.248 e. The van der Waals surface area contributed by atoms with Gasteiger partial charge in [-0.1, -0.05) is 41.9 Å². The molecule has 0 aliphatic carbocycles. The molecule has 1 aliphatic heterocycles. The van der Waals surface area contributed by atoms with Gasteiger partial charge in [0.15, 0.2) is 5.82 Å². The molecule has 4 rings (SSSR count). The quantitative estimate of drug-likeness (QED) is 0.668. The van der Waals surface area contributed by atoms with Crippen LogP contribution in [0.4, 0.5) is 5.95 Å². The van der Waals surface area contributed by atoms with Gasteiger partial charge in [-0.05, 0) is 32.0 Å². The Bertz CT molecular complexity index is 1120. The highest BCUT2D eigenvalue weighted by Crippen LogP contribution is 2.40. The molecule has 0 fully saturated rings. The SMILES string of the molecule is CCOc1ccccc1[C@H]1C(C(N)=O)=C(C)Nc2nc(-c3ccccc3Cl)nn21. The average molecular weight is 410 g/mol. The Morgan fingerprint density at radius 2 is 1.97 bits per heavy atom. The summed E-state index contributed by atoms with van der Waals surface area (Å²) in [5.41, 5.74) is 8.26. The van der Waals surface area contributed by atoms with Crippen molar-refractivity contribution in [2.75, 3.05) is 11.9 Å². The highest BCUT2D eigenvalue weighted by molar-refractivity contribution is 6.33. The fraction of sp³-hybridized carbons (Fsp3) is 0.190. The van der Waals surface area contributed by atoms with Crippen molar-refractivity contribution in [1.82, 2.24) is 14.8 Å². The van der Waals surface area contributed by atoms with E-state index >= 15 is 0 Å². The van der Waals surface area contributed by atoms with Crippen molar-refractivity contribution < 1.29 is 9.53 Å². The number of ether oxygens (including phenoxy) is 1. The molecule has 1 aromatic heterocycles. The number of allylic oxidation sites excluding steroid dienone is 1. The lowest BCUT2D eigenvalue weighted by molar-refractivity contribution is -0.115. The van der Waals surface area contributed by atoms with Gasteiger partial charge < -0.3 is 15.8 Å². The van der Waals surface area contributed by atoms with E-state index in [1.807, 2.05) is 49.4 Å². The smallest absolute Gasteiger partial charge is 0.248 e. The largest absolute Gasteiger partial charge is 0.494 e. The predicted molar refractivity (Wildman–Crippen MR) is 112 cm³/mol. The lowest BCUT2D eigenvalue weighted by atomic mass is 9.94. The molecule has 3 N–H and O–H groups in total. The Labute approximate surface area is 173 Å². The summed E-state index contributed by atoms with van der Waals surface area (Å²) < 4.78 is 7.46. The number of amides is 1. The standard InChI is InChI=1S/C21H20ClN5O2/c1-3-29-16-11-7-5-9-14(16)18-17(19(23)28)12(2)24-21-25-20(26-27(18)21)13-8-4-6-10-15(13)22/h4-11,18H,3H2,1-2H3,(H2,23,28)(H,24,25,26)/t18-/m0/s1. The minimum absolute atomic E-state index is 0.403. The van der Waals surface area contributed by atoms with E-state index in [0.717, 1.165) is 5.56 Å². The van der Waals surface area contributed by atoms with Crippen molar-refractivity contribution in [2.24, 2.45) is 5.73 Å². The second-order valence-electron chi connectivity index (χ2n) is 6.58. The van der Waals surface area contributed by atoms with Gasteiger partial charge >= 0.3 is 0 Å². The first-order valence-electron chi connectivity index (χ1n) is 9.22. The van der Waals surface area contributed by atoms with Crippen LogP contribution in [0.15, 0.2) is 59.8 Å². The number of primary amides is 1. The molecule has 1 amide bonds. The number of aromatic nitrogens is 3. The zero-order valence-electron chi connectivity index (χ0n) is 16.0. The van der Waals surface area contributed by atoms with Crippen LogP contribution in [0.25, 0.3) is 11.4 Å². The summed E-state index contributed by atoms with van der Waals surface area (Å²) in [6.07, 6.45) is 0. The molecule has 1 atom stereocenters. The summed E-state index contributed by atoms with van der Waals surface area (Å²) in [6, 6.07) is 14.3. The minimum Gasteiger partial charge on any atom is -0.494 e. The number of nitrogens with one attached hydrogen (secondary N) is 1. The van der Waals surface area contributed by atoms with Gasteiger partial charge in [0.05, 0.1) is 17.2 Å². The van der Waals surface area contributed by atoms with E-state index in [4.69, 9.17) is 22.1 Å². The molecule has 1 aliphatic rings. The predicted octanol–water partition coefficient (Wildman–Crippen LogP) is 3.77. The monoisotopic (exact) mass is 409 g/mol. The summed E-state index contributed by atoms with van der Waals surface area (Å²) in [4.78, 5) is 17.0. The van der Waals surface area contributed by atoms with E-state index in [2.05, 4.69) is 15.4 Å². The van der Waals surface area contributed by atoms with Crippen LogP contribution in [-0.4, -0.2) is 27.3 Å². The van der Waals surface area contributed by atoms with Gasteiger partial charge in [-0.15, -0.1) is 5.10 Å². The summed E-state index contributed by atoms with van der Waals surface area (Å²) in [6.45, 7) is 4.20. The second-order valence-corrected chi connectivity index (χ2v) is 6.99. The van der Waals surface area contributed by atoms with Crippen LogP contribution in [0, 0.1) is 0 Å². The Hall–Kier alpha value is -3.32. The van der Waals surface area contributed by atoms with Crippen LogP contribution < -0.4 is 15.8 Å². The van der Waals surface area contributed by atoms with Crippen molar-refractivity contribution in [3.63, 3.8) is 0 Å². The number of carbonyl (C=O) groups excluding carboxylic acids is 1. The molecule has 0 bridgehead atoms. The molecule has 8 heteroatoms. The maximum absolute atomic E-state index is 12.4. The van der Waals surface area contributed by atoms with Gasteiger partial charge in [0.25, 0.3) is 0 Å². The third-order valence-electron chi connectivity index (χ3n) is 4.75. The Kier molecular flexibility index (Phi) is 4.98. The lowest BCUT2D eigenvalue weighted by Gasteiger charge is -2.28. The topological polar surface area (TPSA) is 95.1 Å². The molecule has 0 radical (unpaired) electrons. The molecule has 0 saturated heterocycles. The van der Waals surface area contributed by atoms with E-state index in [-0.39, 0.29) is 0 Å². The number of hydrogen-bond donors (Lipinski definition) is 2. The molecule has 0 spiro atoms. The Balaban J connectivity index is 1.92. The second kappa shape index (κ2) is 7.60. The zero-order chi connectivity index (χ0) is 20.5. The Morgan fingerprint density at radius 3 is 2.69 bits per heavy atom. The third-order valence-corrected chi connectivity index (χ3v) is 5.08. The van der Waals surface area contributed by atoms with Gasteiger partial charge in [0.2, 0.25) is 11.9 Å². The van der Waals surface area contributed by atoms with Gasteiger partial charge in [-0.3, -0.25) is 4.79 Å². The van der Waals surface area contributed by atoms with E-state index < -0.39 is 11.9 Å². The van der Waals surface area contributed by atoms with Crippen LogP contribution >= 0.6 is 11.6 Å². The van der Waals surface area contributed by atoms with Crippen molar-refractivity contribution in [1.29, 1.82) is 0 Å². The van der Waals surface area contributed by atoms with Gasteiger partial charge in [-0.2, -0.15) is 4.98 Å². The first kappa shape index (κ1) is 19.0. The number of fused-ring (bicyclic) bond motifs is 1. The number of hydrogen-bond acceptors (Lipinski definition) is 5. The number of benzene rings is 2. The molecular formula is C21H20ClN5O2. The number of rotatable bonds is 5. The van der Waals surface area contributed by atoms with E-state index in [1.165, 1.54) is 0 Å². The molecule has 2 heterocycles. The molecule has 148 valence electrons. The van der Waals surface area contributed by atoms with Crippen LogP contribution in [0.3, 0.4) is 0 Å². The molecule has 0 saturated carbocycles. The van der Waals surface area contributed by atoms with Crippen molar-refractivity contribution >= 4 is 23.5 Å². The first-order chi connectivity index (χ1) is 14.0. The average Bonchev–Trinajstić information content (AvgIpc) is 3.11. The molecular weight excluding hydrogens is 390 g/mol. The molecule has 3 aromatic rings. The maximum atomic E-state index is 12.4. The van der Waals surface area contributed by atoms with Gasteiger partial charge in [-0.25, -0.2) is 4.68 Å². The number of para-hydroxylation sites is 1. The zero-order valence-corrected chi connectivity index (χ0v) is 16.8. The summed E-state index contributed by atoms with van der Waals surface area (Å²) in [5, 5.41) is 8.35. The molecule has 0 unspecified atom stereocenters. The normalized spacial score (nSPS) is 15.6. The number of nitrogens with two attached hydrogens (primary N) is 1. The number of halogens is 1. The van der Waals surface area contributed by atoms with Crippen molar-refractivity contribution in [3.05, 3.63) is 70.4 Å². The van der Waals surface area contributed by atoms with Crippen molar-refractivity contribution in [2.45, 2.75) is 19.9 Å². The number of carbonyl (C=O) groups is 1. The van der Waals surface area contributed by atoms with Crippen LogP contribution in [-0.2, 0) is 4.79 Å². The summed E-state index contributed by atoms with van der Waals surface area (Å²) in [7, 11) is 0. The number of nitrogens with zero attached hydrogens (tertiary/aromatic N) is 3. The van der Waals surface area contributed by atoms with Crippen LogP contribution in [0.2, 0.25) is 5.02 Å². The summed E-state index contributed by atoms with van der Waals surface area (Å²) >= 11 is 6.34. The minimum atomic E-state index is -0.574. The first-order valence-corrected chi connectivity index (χ1v) is 9.59. The van der Waals surface area contributed by atoms with E-state index in [0.29, 0.717) is 46.0 Å². The molecule has 7 nitrogen and oxygen atoms in total. The van der Waals surface area contributed by atoms with Crippen LogP contribution in [0.5, 0.6) is 5.75 Å². The Morgan fingerprint density at radius 1 is 1.24 bits per heavy atom. The van der Waals surface area contributed by atoms with E-state index in [1.54, 1.807) is 17.7 Å². The van der Waals surface area contributed by atoms with E-state index in [9.17, 15) is 4.79 Å². The fourth-order valence-corrected chi connectivity index (χ4v) is 3.73. The van der Waals surface area contributed by atoms with Gasteiger partial charge in [0, 0.05) is 16.8 Å². The number of anilines is 1. The highest BCUT2D eigenvalue weighted by Gasteiger charge is 2.35. The third kappa shape index (κ3) is 3.34. The lowest BCUT2D eigenvalue weighted by Crippen LogP contribution is -2.32. The van der Waals surface area contributed by atoms with Gasteiger partial charge in [0.1, 0.15) is 11.8 Å². The molecule has 29 heavy (non-hydrogen) atoms. The molecule has 2 aromatic carbocycles. The van der Waals surface area contributed by atoms with Crippen LogP contribution in [0.1, 0.15) is 25.5 Å².